The molecule has 0 aliphatic heterocycles. The van der Waals surface area contributed by atoms with Gasteiger partial charge < -0.3 is 10.1 Å². The van der Waals surface area contributed by atoms with Crippen molar-refractivity contribution in [2.24, 2.45) is 0 Å². The molecule has 1 heterocycles. The molecule has 2 aromatic carbocycles. The van der Waals surface area contributed by atoms with Crippen LogP contribution in [-0.2, 0) is 0 Å². The van der Waals surface area contributed by atoms with Crippen LogP contribution in [0.25, 0.3) is 0 Å². The SMILES string of the molecule is Cc1ccc(Oc2ccccc2NC(=O)c2cnc(Cl)c(Cl)c2)cc1. The second kappa shape index (κ2) is 7.55. The van der Waals surface area contributed by atoms with E-state index < -0.39 is 0 Å². The van der Waals surface area contributed by atoms with E-state index in [4.69, 9.17) is 27.9 Å². The number of hydrogen-bond acceptors (Lipinski definition) is 3. The molecule has 3 aromatic rings. The van der Waals surface area contributed by atoms with Gasteiger partial charge in [0.15, 0.2) is 5.75 Å². The Labute approximate surface area is 155 Å². The molecule has 1 aromatic heterocycles. The first kappa shape index (κ1) is 17.3. The molecule has 1 N–H and O–H groups in total. The van der Waals surface area contributed by atoms with Crippen molar-refractivity contribution in [1.82, 2.24) is 4.98 Å². The zero-order valence-corrected chi connectivity index (χ0v) is 14.8. The van der Waals surface area contributed by atoms with Crippen LogP contribution in [0.15, 0.2) is 60.8 Å². The highest BCUT2D eigenvalue weighted by molar-refractivity contribution is 6.41. The largest absolute Gasteiger partial charge is 0.455 e. The van der Waals surface area contributed by atoms with Crippen LogP contribution in [0.5, 0.6) is 11.5 Å². The maximum Gasteiger partial charge on any atom is 0.257 e. The summed E-state index contributed by atoms with van der Waals surface area (Å²) in [6, 6.07) is 16.3. The van der Waals surface area contributed by atoms with Gasteiger partial charge in [0.05, 0.1) is 16.3 Å². The summed E-state index contributed by atoms with van der Waals surface area (Å²) in [7, 11) is 0. The molecule has 0 saturated carbocycles. The summed E-state index contributed by atoms with van der Waals surface area (Å²) < 4.78 is 5.87. The van der Waals surface area contributed by atoms with Crippen LogP contribution in [0.2, 0.25) is 10.2 Å². The summed E-state index contributed by atoms with van der Waals surface area (Å²) in [5.74, 6) is 0.863. The molecule has 0 saturated heterocycles. The highest BCUT2D eigenvalue weighted by Gasteiger charge is 2.12. The predicted octanol–water partition coefficient (Wildman–Crippen LogP) is 5.74. The standard InChI is InChI=1S/C19H14Cl2N2O2/c1-12-6-8-14(9-7-12)25-17-5-3-2-4-16(17)23-19(24)13-10-15(20)18(21)22-11-13/h2-11H,1H3,(H,23,24). The number of carbonyl (C=O) groups is 1. The van der Waals surface area contributed by atoms with Crippen molar-refractivity contribution in [1.29, 1.82) is 0 Å². The quantitative estimate of drug-likeness (QED) is 0.593. The van der Waals surface area contributed by atoms with Gasteiger partial charge in [-0.15, -0.1) is 0 Å². The monoisotopic (exact) mass is 372 g/mol. The number of pyridine rings is 1. The van der Waals surface area contributed by atoms with Crippen molar-refractivity contribution in [3.63, 3.8) is 0 Å². The minimum absolute atomic E-state index is 0.154. The van der Waals surface area contributed by atoms with Crippen molar-refractivity contribution < 1.29 is 9.53 Å². The van der Waals surface area contributed by atoms with Crippen molar-refractivity contribution >= 4 is 34.8 Å². The van der Waals surface area contributed by atoms with E-state index in [1.165, 1.54) is 12.3 Å². The summed E-state index contributed by atoms with van der Waals surface area (Å²) in [4.78, 5) is 16.3. The number of para-hydroxylation sites is 2. The maximum absolute atomic E-state index is 12.4. The number of benzene rings is 2. The Balaban J connectivity index is 1.81. The number of ether oxygens (including phenoxy) is 1. The number of aryl methyl sites for hydroxylation is 1. The zero-order chi connectivity index (χ0) is 17.8. The maximum atomic E-state index is 12.4. The molecule has 0 fully saturated rings. The number of rotatable bonds is 4. The highest BCUT2D eigenvalue weighted by Crippen LogP contribution is 2.30. The summed E-state index contributed by atoms with van der Waals surface area (Å²) >= 11 is 11.7. The molecule has 0 bridgehead atoms. The average molecular weight is 373 g/mol. The molecule has 1 amide bonds. The van der Waals surface area contributed by atoms with Crippen molar-refractivity contribution in [3.05, 3.63) is 82.1 Å². The number of halogens is 2. The number of anilines is 1. The first-order chi connectivity index (χ1) is 12.0. The summed E-state index contributed by atoms with van der Waals surface area (Å²) in [6.45, 7) is 2.00. The summed E-state index contributed by atoms with van der Waals surface area (Å²) in [5, 5.41) is 3.17. The molecular formula is C19H14Cl2N2O2. The van der Waals surface area contributed by atoms with Gasteiger partial charge in [-0.05, 0) is 37.3 Å². The van der Waals surface area contributed by atoms with Crippen molar-refractivity contribution in [2.75, 3.05) is 5.32 Å². The lowest BCUT2D eigenvalue weighted by Gasteiger charge is -2.12. The van der Waals surface area contributed by atoms with Gasteiger partial charge in [0.1, 0.15) is 10.9 Å². The van der Waals surface area contributed by atoms with Gasteiger partial charge in [-0.25, -0.2) is 4.98 Å². The third-order valence-electron chi connectivity index (χ3n) is 3.44. The molecule has 0 radical (unpaired) electrons. The van der Waals surface area contributed by atoms with Crippen LogP contribution in [0.3, 0.4) is 0 Å². The van der Waals surface area contributed by atoms with E-state index in [2.05, 4.69) is 10.3 Å². The molecule has 6 heteroatoms. The molecule has 0 aliphatic rings. The molecule has 0 unspecified atom stereocenters. The zero-order valence-electron chi connectivity index (χ0n) is 13.3. The van der Waals surface area contributed by atoms with Crippen LogP contribution >= 0.6 is 23.2 Å². The predicted molar refractivity (Wildman–Crippen MR) is 99.9 cm³/mol. The average Bonchev–Trinajstić information content (AvgIpc) is 2.61. The Bertz CT molecular complexity index is 912. The molecule has 4 nitrogen and oxygen atoms in total. The van der Waals surface area contributed by atoms with E-state index >= 15 is 0 Å². The lowest BCUT2D eigenvalue weighted by molar-refractivity contribution is 0.102. The van der Waals surface area contributed by atoms with Gasteiger partial charge >= 0.3 is 0 Å². The molecule has 0 aliphatic carbocycles. The molecule has 126 valence electrons. The first-order valence-electron chi connectivity index (χ1n) is 7.49. The minimum Gasteiger partial charge on any atom is -0.455 e. The second-order valence-electron chi connectivity index (χ2n) is 5.36. The molecule has 0 spiro atoms. The van der Waals surface area contributed by atoms with E-state index in [9.17, 15) is 4.79 Å². The van der Waals surface area contributed by atoms with Crippen molar-refractivity contribution in [2.45, 2.75) is 6.92 Å². The van der Waals surface area contributed by atoms with Gasteiger partial charge in [0.25, 0.3) is 5.91 Å². The highest BCUT2D eigenvalue weighted by atomic mass is 35.5. The van der Waals surface area contributed by atoms with E-state index in [-0.39, 0.29) is 16.1 Å². The van der Waals surface area contributed by atoms with Crippen LogP contribution in [0, 0.1) is 6.92 Å². The Morgan fingerprint density at radius 1 is 1.08 bits per heavy atom. The van der Waals surface area contributed by atoms with Gasteiger partial charge in [0, 0.05) is 6.20 Å². The number of nitrogens with zero attached hydrogens (tertiary/aromatic N) is 1. The number of carbonyl (C=O) groups excluding carboxylic acids is 1. The number of hydrogen-bond donors (Lipinski definition) is 1. The van der Waals surface area contributed by atoms with E-state index in [0.717, 1.165) is 5.56 Å². The minimum atomic E-state index is -0.356. The second-order valence-corrected chi connectivity index (χ2v) is 6.13. The third-order valence-corrected chi connectivity index (χ3v) is 4.13. The summed E-state index contributed by atoms with van der Waals surface area (Å²) in [6.07, 6.45) is 1.37. The summed E-state index contributed by atoms with van der Waals surface area (Å²) in [5.41, 5.74) is 1.99. The fraction of sp³-hybridized carbons (Fsp3) is 0.0526. The number of aromatic nitrogens is 1. The smallest absolute Gasteiger partial charge is 0.257 e. The van der Waals surface area contributed by atoms with Crippen LogP contribution < -0.4 is 10.1 Å². The Morgan fingerprint density at radius 2 is 1.80 bits per heavy atom. The Kier molecular flexibility index (Phi) is 5.22. The Morgan fingerprint density at radius 3 is 2.52 bits per heavy atom. The first-order valence-corrected chi connectivity index (χ1v) is 8.24. The number of nitrogens with one attached hydrogen (secondary N) is 1. The van der Waals surface area contributed by atoms with Crippen LogP contribution in [-0.4, -0.2) is 10.9 Å². The van der Waals surface area contributed by atoms with E-state index in [0.29, 0.717) is 22.7 Å². The molecule has 3 rings (SSSR count). The fourth-order valence-corrected chi connectivity index (χ4v) is 2.40. The molecule has 25 heavy (non-hydrogen) atoms. The van der Waals surface area contributed by atoms with Gasteiger partial charge in [-0.1, -0.05) is 53.0 Å². The fourth-order valence-electron chi connectivity index (χ4n) is 2.13. The lowest BCUT2D eigenvalue weighted by atomic mass is 10.2. The topological polar surface area (TPSA) is 51.2 Å². The lowest BCUT2D eigenvalue weighted by Crippen LogP contribution is -2.13. The van der Waals surface area contributed by atoms with E-state index in [1.54, 1.807) is 12.1 Å². The van der Waals surface area contributed by atoms with Gasteiger partial charge in [-0.2, -0.15) is 0 Å². The van der Waals surface area contributed by atoms with Crippen LogP contribution in [0.4, 0.5) is 5.69 Å². The van der Waals surface area contributed by atoms with Crippen molar-refractivity contribution in [3.8, 4) is 11.5 Å². The molecular weight excluding hydrogens is 359 g/mol. The third kappa shape index (κ3) is 4.29. The Hall–Kier alpha value is -2.56. The number of amides is 1. The normalized spacial score (nSPS) is 10.4. The van der Waals surface area contributed by atoms with Gasteiger partial charge in [0.2, 0.25) is 0 Å². The van der Waals surface area contributed by atoms with Gasteiger partial charge in [-0.3, -0.25) is 4.79 Å². The van der Waals surface area contributed by atoms with E-state index in [1.807, 2.05) is 43.3 Å². The molecule has 0 atom stereocenters. The van der Waals surface area contributed by atoms with Crippen LogP contribution in [0.1, 0.15) is 15.9 Å².